The molecule has 136 valence electrons. The van der Waals surface area contributed by atoms with E-state index in [-0.39, 0.29) is 24.8 Å². The largest absolute Gasteiger partial charge is 0.147 e. The summed E-state index contributed by atoms with van der Waals surface area (Å²) in [6.45, 7) is 0. The molecule has 3 aromatic rings. The number of halogens is 2. The molecule has 0 amide bonds. The van der Waals surface area contributed by atoms with E-state index < -0.39 is 19.5 Å². The Balaban J connectivity index is 0.00000131. The van der Waals surface area contributed by atoms with Crippen LogP contribution in [0.2, 0.25) is 0 Å². The fourth-order valence-corrected chi connectivity index (χ4v) is 4.36. The van der Waals surface area contributed by atoms with Gasteiger partial charge in [0.2, 0.25) is 0 Å². The summed E-state index contributed by atoms with van der Waals surface area (Å²) >= 11 is -0.626. The molecule has 3 aromatic carbocycles. The van der Waals surface area contributed by atoms with E-state index in [2.05, 4.69) is 66.7 Å². The average molecular weight is 431 g/mol. The first-order valence-corrected chi connectivity index (χ1v) is 9.84. The molecule has 27 heavy (non-hydrogen) atoms. The van der Waals surface area contributed by atoms with E-state index in [1.165, 1.54) is 26.2 Å². The van der Waals surface area contributed by atoms with Crippen LogP contribution in [0.15, 0.2) is 101 Å². The molecule has 1 nitrogen and oxygen atoms in total. The molecular formula is C23H20Cl2OTi. The van der Waals surface area contributed by atoms with Crippen LogP contribution in [-0.4, -0.2) is 0 Å². The molecule has 0 heterocycles. The van der Waals surface area contributed by atoms with Crippen LogP contribution in [0.1, 0.15) is 17.5 Å². The summed E-state index contributed by atoms with van der Waals surface area (Å²) < 4.78 is 7.52. The van der Waals surface area contributed by atoms with Crippen LogP contribution < -0.4 is 3.32 Å². The average Bonchev–Trinajstić information content (AvgIpc) is 3.13. The van der Waals surface area contributed by atoms with Gasteiger partial charge in [-0.05, 0) is 0 Å². The first-order chi connectivity index (χ1) is 12.4. The second-order valence-corrected chi connectivity index (χ2v) is 7.63. The van der Waals surface area contributed by atoms with Crippen LogP contribution in [0.25, 0.3) is 11.1 Å². The summed E-state index contributed by atoms with van der Waals surface area (Å²) in [5.74, 6) is 0.970. The van der Waals surface area contributed by atoms with E-state index >= 15 is 0 Å². The van der Waals surface area contributed by atoms with E-state index in [9.17, 15) is 0 Å². The van der Waals surface area contributed by atoms with Crippen molar-refractivity contribution in [1.82, 2.24) is 0 Å². The molecule has 4 rings (SSSR count). The van der Waals surface area contributed by atoms with Gasteiger partial charge in [-0.25, -0.2) is 0 Å². The van der Waals surface area contributed by atoms with Crippen molar-refractivity contribution < 1.29 is 22.9 Å². The smallest absolute Gasteiger partial charge is 0.147 e. The number of rotatable bonds is 5. The molecule has 0 N–H and O–H groups in total. The van der Waals surface area contributed by atoms with E-state index in [0.29, 0.717) is 0 Å². The first-order valence-electron chi connectivity index (χ1n) is 8.42. The van der Waals surface area contributed by atoms with Crippen LogP contribution in [-0.2, 0) is 19.5 Å². The Hall–Kier alpha value is -1.77. The van der Waals surface area contributed by atoms with Crippen LogP contribution in [0.5, 0.6) is 5.75 Å². The van der Waals surface area contributed by atoms with Gasteiger partial charge in [0.1, 0.15) is 0 Å². The zero-order valence-electron chi connectivity index (χ0n) is 14.7. The monoisotopic (exact) mass is 430 g/mol. The van der Waals surface area contributed by atoms with Crippen LogP contribution in [0.3, 0.4) is 0 Å². The maximum atomic E-state index is 6.09. The van der Waals surface area contributed by atoms with Gasteiger partial charge in [-0.15, -0.1) is 24.8 Å². The maximum absolute atomic E-state index is 6.09. The molecular weight excluding hydrogens is 411 g/mol. The molecule has 0 saturated carbocycles. The predicted octanol–water partition coefficient (Wildman–Crippen LogP) is 6.81. The third-order valence-electron chi connectivity index (χ3n) is 4.26. The van der Waals surface area contributed by atoms with Crippen molar-refractivity contribution in [3.8, 4) is 5.75 Å². The maximum Gasteiger partial charge on any atom is -0.147 e. The number of hydrogen-bond acceptors (Lipinski definition) is 1. The van der Waals surface area contributed by atoms with Gasteiger partial charge < -0.3 is 0 Å². The SMILES string of the molecule is C1=[C]([Ti][O]c2ccccc2)CC(c2ccccc2)=C1c1ccccc1.Cl.Cl. The molecule has 0 atom stereocenters. The van der Waals surface area contributed by atoms with Gasteiger partial charge in [0.05, 0.1) is 0 Å². The van der Waals surface area contributed by atoms with Crippen molar-refractivity contribution in [1.29, 1.82) is 0 Å². The van der Waals surface area contributed by atoms with Gasteiger partial charge in [0.25, 0.3) is 0 Å². The Morgan fingerprint density at radius 2 is 1.15 bits per heavy atom. The topological polar surface area (TPSA) is 9.23 Å². The van der Waals surface area contributed by atoms with Gasteiger partial charge in [0.15, 0.2) is 0 Å². The van der Waals surface area contributed by atoms with Gasteiger partial charge in [-0.1, -0.05) is 0 Å². The van der Waals surface area contributed by atoms with E-state index in [1.807, 2.05) is 30.3 Å². The summed E-state index contributed by atoms with van der Waals surface area (Å²) in [4.78, 5) is 0. The van der Waals surface area contributed by atoms with Crippen molar-refractivity contribution in [2.75, 3.05) is 0 Å². The molecule has 0 spiro atoms. The third-order valence-corrected chi connectivity index (χ3v) is 5.70. The molecule has 0 saturated heterocycles. The molecule has 0 aliphatic heterocycles. The Morgan fingerprint density at radius 3 is 1.74 bits per heavy atom. The molecule has 4 heteroatoms. The van der Waals surface area contributed by atoms with E-state index in [4.69, 9.17) is 3.32 Å². The summed E-state index contributed by atoms with van der Waals surface area (Å²) in [5, 5.41) is 0. The second kappa shape index (κ2) is 10.5. The number of hydrogen-bond donors (Lipinski definition) is 0. The van der Waals surface area contributed by atoms with Crippen LogP contribution >= 0.6 is 24.8 Å². The molecule has 1 aliphatic rings. The van der Waals surface area contributed by atoms with Crippen LogP contribution in [0, 0.1) is 0 Å². The van der Waals surface area contributed by atoms with Crippen LogP contribution in [0.4, 0.5) is 0 Å². The number of para-hydroxylation sites is 1. The fourth-order valence-electron chi connectivity index (χ4n) is 3.05. The standard InChI is InChI=1S/C17H13.C6H6O.2ClH.Ti/c1-3-8-14(9-4-1)16-12-7-13-17(16)15-10-5-2-6-11-15;7-6-4-2-1-3-5-6;;;/h1-6,8-12H,13H2;1-5,7H;2*1H;/q;;;;+1/p-1. The minimum atomic E-state index is -0.626. The van der Waals surface area contributed by atoms with Crippen molar-refractivity contribution in [3.63, 3.8) is 0 Å². The van der Waals surface area contributed by atoms with Gasteiger partial charge in [-0.2, -0.15) is 0 Å². The molecule has 0 bridgehead atoms. The zero-order chi connectivity index (χ0) is 16.9. The second-order valence-electron chi connectivity index (χ2n) is 5.99. The summed E-state index contributed by atoms with van der Waals surface area (Å²) in [7, 11) is 0. The fraction of sp³-hybridized carbons (Fsp3) is 0.0435. The molecule has 0 radical (unpaired) electrons. The third kappa shape index (κ3) is 5.37. The Bertz CT molecular complexity index is 907. The van der Waals surface area contributed by atoms with Gasteiger partial charge in [-0.3, -0.25) is 0 Å². The van der Waals surface area contributed by atoms with Crippen molar-refractivity contribution in [3.05, 3.63) is 112 Å². The van der Waals surface area contributed by atoms with Crippen molar-refractivity contribution in [2.45, 2.75) is 6.42 Å². The number of benzene rings is 3. The minimum absolute atomic E-state index is 0. The quantitative estimate of drug-likeness (QED) is 0.404. The normalized spacial score (nSPS) is 12.5. The van der Waals surface area contributed by atoms with E-state index in [1.54, 1.807) is 0 Å². The van der Waals surface area contributed by atoms with E-state index in [0.717, 1.165) is 12.2 Å². The Kier molecular flexibility index (Phi) is 8.40. The zero-order valence-corrected chi connectivity index (χ0v) is 17.9. The molecule has 1 aliphatic carbocycles. The van der Waals surface area contributed by atoms with Crippen molar-refractivity contribution in [2.24, 2.45) is 0 Å². The molecule has 0 unspecified atom stereocenters. The van der Waals surface area contributed by atoms with Gasteiger partial charge in [0, 0.05) is 0 Å². The summed E-state index contributed by atoms with van der Waals surface area (Å²) in [5.41, 5.74) is 5.33. The first kappa shape index (κ1) is 21.5. The molecule has 0 aromatic heterocycles. The summed E-state index contributed by atoms with van der Waals surface area (Å²) in [6, 6.07) is 31.5. The summed E-state index contributed by atoms with van der Waals surface area (Å²) in [6.07, 6.45) is 3.34. The predicted molar refractivity (Wildman–Crippen MR) is 114 cm³/mol. The molecule has 0 fully saturated rings. The van der Waals surface area contributed by atoms with Crippen molar-refractivity contribution >= 4 is 36.0 Å². The minimum Gasteiger partial charge on any atom is -0.147 e. The number of allylic oxidation sites excluding steroid dienone is 4. The Labute approximate surface area is 182 Å². The van der Waals surface area contributed by atoms with Gasteiger partial charge >= 0.3 is 158 Å². The Morgan fingerprint density at radius 1 is 0.630 bits per heavy atom.